The molecule has 0 aromatic rings. The second kappa shape index (κ2) is 2.95. The molecule has 5 saturated carbocycles. The second-order valence-corrected chi connectivity index (χ2v) is 9.25. The lowest BCUT2D eigenvalue weighted by molar-refractivity contribution is -0.148. The van der Waals surface area contributed by atoms with Crippen molar-refractivity contribution in [2.75, 3.05) is 0 Å². The van der Waals surface area contributed by atoms with Crippen LogP contribution in [0.2, 0.25) is 0 Å². The van der Waals surface area contributed by atoms with Gasteiger partial charge in [0.1, 0.15) is 11.6 Å². The maximum Gasteiger partial charge on any atom is 0.141 e. The van der Waals surface area contributed by atoms with Crippen LogP contribution in [0.1, 0.15) is 25.7 Å². The van der Waals surface area contributed by atoms with Crippen LogP contribution in [0.3, 0.4) is 0 Å². The molecule has 0 N–H and O–H groups in total. The molecular weight excluding hydrogens is 272 g/mol. The molecule has 7 aliphatic rings. The second-order valence-electron chi connectivity index (χ2n) is 9.25. The molecule has 0 saturated heterocycles. The Balaban J connectivity index is 1.41. The van der Waals surface area contributed by atoms with Crippen LogP contribution in [0.25, 0.3) is 0 Å². The molecule has 5 fully saturated rings. The summed E-state index contributed by atoms with van der Waals surface area (Å²) in [6.45, 7) is 0. The Morgan fingerprint density at radius 2 is 0.864 bits per heavy atom. The SMILES string of the molecule is O=C1[C@@H]2[C@H](C(=O)[C@H]3[C@@H]1[C@H]1C=C[C@@H]3C13CC3)[C@@H]1C=C[C@H]2C12CC2. The highest BCUT2D eigenvalue weighted by molar-refractivity contribution is 6.03. The summed E-state index contributed by atoms with van der Waals surface area (Å²) in [6.07, 6.45) is 14.2. The molecule has 0 aliphatic heterocycles. The molecule has 0 aromatic carbocycles. The summed E-state index contributed by atoms with van der Waals surface area (Å²) in [7, 11) is 0. The molecule has 8 atom stereocenters. The van der Waals surface area contributed by atoms with E-state index in [9.17, 15) is 9.59 Å². The van der Waals surface area contributed by atoms with Crippen LogP contribution in [-0.4, -0.2) is 11.6 Å². The highest BCUT2D eigenvalue weighted by Crippen LogP contribution is 2.78. The minimum atomic E-state index is 0.0507. The van der Waals surface area contributed by atoms with Crippen LogP contribution < -0.4 is 0 Å². The van der Waals surface area contributed by atoms with Crippen molar-refractivity contribution in [2.24, 2.45) is 58.2 Å². The standard InChI is InChI=1S/C20H20O2/c21-17-13-9-1-2-10(19(9)5-6-19)14(13)18(22)16-12-4-3-11(15(16)17)20(12)7-8-20/h1-4,9-16H,5-8H2/t9-,10+,11-,12+,13+,14-,15+,16-. The third-order valence-electron chi connectivity index (χ3n) is 9.00. The van der Waals surface area contributed by atoms with Crippen LogP contribution in [0.5, 0.6) is 0 Å². The van der Waals surface area contributed by atoms with Crippen molar-refractivity contribution in [2.45, 2.75) is 25.7 Å². The summed E-state index contributed by atoms with van der Waals surface area (Å²) in [6, 6.07) is 0. The lowest BCUT2D eigenvalue weighted by atomic mass is 9.60. The van der Waals surface area contributed by atoms with Gasteiger partial charge < -0.3 is 0 Å². The van der Waals surface area contributed by atoms with Gasteiger partial charge in [-0.1, -0.05) is 24.3 Å². The van der Waals surface area contributed by atoms with Crippen molar-refractivity contribution in [3.63, 3.8) is 0 Å². The third-order valence-corrected chi connectivity index (χ3v) is 9.00. The molecule has 7 rings (SSSR count). The van der Waals surface area contributed by atoms with E-state index in [1.54, 1.807) is 0 Å². The first-order valence-electron chi connectivity index (χ1n) is 9.13. The van der Waals surface area contributed by atoms with Crippen molar-refractivity contribution in [1.82, 2.24) is 0 Å². The van der Waals surface area contributed by atoms with Gasteiger partial charge in [0.2, 0.25) is 0 Å². The van der Waals surface area contributed by atoms with Crippen molar-refractivity contribution in [3.05, 3.63) is 24.3 Å². The summed E-state index contributed by atoms with van der Waals surface area (Å²) in [4.78, 5) is 26.8. The molecular formula is C20H20O2. The van der Waals surface area contributed by atoms with Crippen molar-refractivity contribution < 1.29 is 9.59 Å². The molecule has 0 unspecified atom stereocenters. The number of hydrogen-bond acceptors (Lipinski definition) is 2. The third kappa shape index (κ3) is 0.871. The number of fused-ring (bicyclic) bond motifs is 6. The zero-order chi connectivity index (χ0) is 14.4. The molecule has 4 bridgehead atoms. The minimum absolute atomic E-state index is 0.0507. The van der Waals surface area contributed by atoms with E-state index in [-0.39, 0.29) is 23.7 Å². The average Bonchev–Trinajstić information content (AvgIpc) is 3.37. The van der Waals surface area contributed by atoms with E-state index in [0.29, 0.717) is 46.1 Å². The van der Waals surface area contributed by atoms with Gasteiger partial charge in [-0.2, -0.15) is 0 Å². The van der Waals surface area contributed by atoms with Crippen LogP contribution >= 0.6 is 0 Å². The Bertz CT molecular complexity index is 610. The number of rotatable bonds is 0. The Morgan fingerprint density at radius 1 is 0.591 bits per heavy atom. The highest BCUT2D eigenvalue weighted by Gasteiger charge is 2.78. The van der Waals surface area contributed by atoms with Crippen molar-refractivity contribution >= 4 is 11.6 Å². The van der Waals surface area contributed by atoms with Gasteiger partial charge in [0.25, 0.3) is 0 Å². The van der Waals surface area contributed by atoms with Crippen molar-refractivity contribution in [1.29, 1.82) is 0 Å². The Labute approximate surface area is 130 Å². The molecule has 0 radical (unpaired) electrons. The van der Waals surface area contributed by atoms with Crippen LogP contribution in [-0.2, 0) is 9.59 Å². The van der Waals surface area contributed by atoms with E-state index in [2.05, 4.69) is 24.3 Å². The number of ketones is 2. The quantitative estimate of drug-likeness (QED) is 0.643. The summed E-state index contributed by atoms with van der Waals surface area (Å²) >= 11 is 0. The van der Waals surface area contributed by atoms with E-state index >= 15 is 0 Å². The number of Topliss-reactive ketones (excluding diaryl/α,β-unsaturated/α-hetero) is 2. The summed E-state index contributed by atoms with van der Waals surface area (Å²) in [5.74, 6) is 2.78. The van der Waals surface area contributed by atoms with Gasteiger partial charge in [-0.25, -0.2) is 0 Å². The average molecular weight is 292 g/mol. The number of carbonyl (C=O) groups excluding carboxylic acids is 2. The van der Waals surface area contributed by atoms with Crippen LogP contribution in [0, 0.1) is 58.2 Å². The largest absolute Gasteiger partial charge is 0.299 e. The van der Waals surface area contributed by atoms with E-state index in [4.69, 9.17) is 0 Å². The first-order chi connectivity index (χ1) is 10.7. The smallest absolute Gasteiger partial charge is 0.141 e. The Morgan fingerprint density at radius 3 is 1.09 bits per heavy atom. The van der Waals surface area contributed by atoms with Crippen molar-refractivity contribution in [3.8, 4) is 0 Å². The maximum atomic E-state index is 13.4. The highest BCUT2D eigenvalue weighted by atomic mass is 16.1. The summed E-state index contributed by atoms with van der Waals surface area (Å²) in [5.41, 5.74) is 0.673. The molecule has 2 heteroatoms. The van der Waals surface area contributed by atoms with E-state index in [1.165, 1.54) is 25.7 Å². The van der Waals surface area contributed by atoms with E-state index in [0.717, 1.165) is 0 Å². The fourth-order valence-corrected chi connectivity index (χ4v) is 7.97. The lowest BCUT2D eigenvalue weighted by Crippen LogP contribution is -2.50. The molecule has 0 amide bonds. The maximum absolute atomic E-state index is 13.4. The topological polar surface area (TPSA) is 34.1 Å². The number of allylic oxidation sites excluding steroid dienone is 4. The molecule has 7 aliphatic carbocycles. The van der Waals surface area contributed by atoms with E-state index in [1.807, 2.05) is 0 Å². The van der Waals surface area contributed by atoms with Gasteiger partial charge in [0.05, 0.1) is 0 Å². The normalized spacial score (nSPS) is 58.7. The lowest BCUT2D eigenvalue weighted by Gasteiger charge is -2.40. The fourth-order valence-electron chi connectivity index (χ4n) is 7.97. The fraction of sp³-hybridized carbons (Fsp3) is 0.700. The van der Waals surface area contributed by atoms with Gasteiger partial charge in [0, 0.05) is 23.7 Å². The first kappa shape index (κ1) is 11.4. The van der Waals surface area contributed by atoms with Crippen LogP contribution in [0.15, 0.2) is 24.3 Å². The molecule has 2 nitrogen and oxygen atoms in total. The van der Waals surface area contributed by atoms with E-state index < -0.39 is 0 Å². The minimum Gasteiger partial charge on any atom is -0.299 e. The number of hydrogen-bond donors (Lipinski definition) is 0. The van der Waals surface area contributed by atoms with Gasteiger partial charge in [-0.15, -0.1) is 0 Å². The van der Waals surface area contributed by atoms with Crippen LogP contribution in [0.4, 0.5) is 0 Å². The van der Waals surface area contributed by atoms with Gasteiger partial charge in [-0.3, -0.25) is 9.59 Å². The molecule has 22 heavy (non-hydrogen) atoms. The van der Waals surface area contributed by atoms with Gasteiger partial charge in [-0.05, 0) is 60.2 Å². The van der Waals surface area contributed by atoms with Gasteiger partial charge in [0.15, 0.2) is 0 Å². The molecule has 112 valence electrons. The predicted octanol–water partition coefficient (Wildman–Crippen LogP) is 2.80. The Hall–Kier alpha value is -1.18. The zero-order valence-electron chi connectivity index (χ0n) is 12.6. The molecule has 0 heterocycles. The monoisotopic (exact) mass is 292 g/mol. The Kier molecular flexibility index (Phi) is 1.52. The zero-order valence-corrected chi connectivity index (χ0v) is 12.6. The van der Waals surface area contributed by atoms with Gasteiger partial charge >= 0.3 is 0 Å². The predicted molar refractivity (Wildman–Crippen MR) is 79.5 cm³/mol. The molecule has 0 aromatic heterocycles. The summed E-state index contributed by atoms with van der Waals surface area (Å²) < 4.78 is 0. The first-order valence-corrected chi connectivity index (χ1v) is 9.13. The number of carbonyl (C=O) groups is 2. The molecule has 2 spiro atoms. The summed E-state index contributed by atoms with van der Waals surface area (Å²) in [5, 5.41) is 0.